The lowest BCUT2D eigenvalue weighted by atomic mass is 9.95. The lowest BCUT2D eigenvalue weighted by molar-refractivity contribution is 0.0425. The predicted octanol–water partition coefficient (Wildman–Crippen LogP) is 0.725. The maximum absolute atomic E-state index is 5.75. The minimum Gasteiger partial charge on any atom is -0.379 e. The molecule has 74 valence electrons. The summed E-state index contributed by atoms with van der Waals surface area (Å²) < 4.78 is 5.45. The Balaban J connectivity index is 3.57. The average molecular weight is 174 g/mol. The van der Waals surface area contributed by atoms with Gasteiger partial charge in [0.2, 0.25) is 0 Å². The number of rotatable bonds is 5. The van der Waals surface area contributed by atoms with Crippen molar-refractivity contribution in [2.24, 2.45) is 16.9 Å². The van der Waals surface area contributed by atoms with Gasteiger partial charge in [-0.15, -0.1) is 0 Å². The Morgan fingerprint density at radius 3 is 1.92 bits per heavy atom. The Kier molecular flexibility index (Phi) is 4.17. The zero-order valence-electron chi connectivity index (χ0n) is 8.68. The zero-order valence-corrected chi connectivity index (χ0v) is 8.68. The molecule has 0 fully saturated rings. The molecule has 12 heavy (non-hydrogen) atoms. The molecule has 0 atom stereocenters. The zero-order chi connectivity index (χ0) is 9.83. The van der Waals surface area contributed by atoms with Gasteiger partial charge in [-0.2, -0.15) is 0 Å². The van der Waals surface area contributed by atoms with Gasteiger partial charge in [-0.05, 0) is 20.4 Å². The summed E-state index contributed by atoms with van der Waals surface area (Å²) in [6.45, 7) is 9.94. The molecular weight excluding hydrogens is 152 g/mol. The molecule has 0 aromatic carbocycles. The van der Waals surface area contributed by atoms with E-state index in [0.29, 0.717) is 19.8 Å². The molecule has 0 aromatic rings. The highest BCUT2D eigenvalue weighted by molar-refractivity contribution is 4.73. The highest BCUT2D eigenvalue weighted by Gasteiger charge is 2.18. The van der Waals surface area contributed by atoms with Crippen molar-refractivity contribution in [1.82, 2.24) is 0 Å². The van der Waals surface area contributed by atoms with E-state index >= 15 is 0 Å². The first-order valence-corrected chi connectivity index (χ1v) is 4.33. The smallest absolute Gasteiger partial charge is 0.0641 e. The second-order valence-corrected chi connectivity index (χ2v) is 4.85. The topological polar surface area (TPSA) is 61.3 Å². The first-order chi connectivity index (χ1) is 5.27. The van der Waals surface area contributed by atoms with E-state index in [0.717, 1.165) is 0 Å². The summed E-state index contributed by atoms with van der Waals surface area (Å²) in [6, 6.07) is 0. The Labute approximate surface area is 75.5 Å². The molecule has 0 aliphatic carbocycles. The third-order valence-electron chi connectivity index (χ3n) is 1.52. The van der Waals surface area contributed by atoms with Crippen molar-refractivity contribution in [1.29, 1.82) is 0 Å². The van der Waals surface area contributed by atoms with Crippen molar-refractivity contribution < 1.29 is 4.74 Å². The van der Waals surface area contributed by atoms with Crippen LogP contribution in [0.5, 0.6) is 0 Å². The van der Waals surface area contributed by atoms with Gasteiger partial charge in [0, 0.05) is 11.0 Å². The summed E-state index contributed by atoms with van der Waals surface area (Å²) in [5, 5.41) is 0. The first kappa shape index (κ1) is 11.9. The van der Waals surface area contributed by atoms with Crippen LogP contribution in [0.25, 0.3) is 0 Å². The van der Waals surface area contributed by atoms with Gasteiger partial charge < -0.3 is 16.2 Å². The summed E-state index contributed by atoms with van der Waals surface area (Å²) in [7, 11) is 0. The van der Waals surface area contributed by atoms with Crippen molar-refractivity contribution in [2.45, 2.75) is 33.2 Å². The molecular formula is C9H22N2O. The second-order valence-electron chi connectivity index (χ2n) is 4.85. The number of nitrogens with two attached hydrogens (primary N) is 2. The molecule has 0 heterocycles. The van der Waals surface area contributed by atoms with Gasteiger partial charge in [-0.25, -0.2) is 0 Å². The third-order valence-corrected chi connectivity index (χ3v) is 1.52. The second kappa shape index (κ2) is 4.21. The Hall–Kier alpha value is -0.120. The standard InChI is InChI=1S/C9H22N2O/c1-8(2,5-10)6-12-7-9(3,4)11/h5-7,10-11H2,1-4H3. The molecule has 0 saturated carbocycles. The van der Waals surface area contributed by atoms with Crippen LogP contribution in [0.15, 0.2) is 0 Å². The Morgan fingerprint density at radius 1 is 1.08 bits per heavy atom. The fourth-order valence-electron chi connectivity index (χ4n) is 0.649. The molecule has 0 spiro atoms. The number of ether oxygens (including phenoxy) is 1. The monoisotopic (exact) mass is 174 g/mol. The lowest BCUT2D eigenvalue weighted by Gasteiger charge is -2.25. The highest BCUT2D eigenvalue weighted by Crippen LogP contribution is 2.13. The van der Waals surface area contributed by atoms with Gasteiger partial charge >= 0.3 is 0 Å². The van der Waals surface area contributed by atoms with E-state index in [4.69, 9.17) is 16.2 Å². The van der Waals surface area contributed by atoms with E-state index in [2.05, 4.69) is 13.8 Å². The predicted molar refractivity (Wildman–Crippen MR) is 51.9 cm³/mol. The summed E-state index contributed by atoms with van der Waals surface area (Å²) >= 11 is 0. The summed E-state index contributed by atoms with van der Waals surface area (Å²) in [5.41, 5.74) is 11.1. The van der Waals surface area contributed by atoms with Crippen LogP contribution in [-0.2, 0) is 4.74 Å². The van der Waals surface area contributed by atoms with Gasteiger partial charge in [0.05, 0.1) is 13.2 Å². The molecule has 3 nitrogen and oxygen atoms in total. The van der Waals surface area contributed by atoms with E-state index in [1.807, 2.05) is 13.8 Å². The van der Waals surface area contributed by atoms with E-state index in [1.54, 1.807) is 0 Å². The van der Waals surface area contributed by atoms with Crippen LogP contribution < -0.4 is 11.5 Å². The molecule has 0 aliphatic rings. The molecule has 0 rings (SSSR count). The van der Waals surface area contributed by atoms with E-state index < -0.39 is 0 Å². The molecule has 3 heteroatoms. The van der Waals surface area contributed by atoms with Crippen LogP contribution >= 0.6 is 0 Å². The van der Waals surface area contributed by atoms with Crippen molar-refractivity contribution in [3.8, 4) is 0 Å². The van der Waals surface area contributed by atoms with Crippen LogP contribution in [0.4, 0.5) is 0 Å². The minimum absolute atomic E-state index is 0.0608. The quantitative estimate of drug-likeness (QED) is 0.646. The fourth-order valence-corrected chi connectivity index (χ4v) is 0.649. The highest BCUT2D eigenvalue weighted by atomic mass is 16.5. The van der Waals surface area contributed by atoms with E-state index in [1.165, 1.54) is 0 Å². The normalized spacial score (nSPS) is 13.5. The van der Waals surface area contributed by atoms with Crippen molar-refractivity contribution in [3.05, 3.63) is 0 Å². The molecule has 4 N–H and O–H groups in total. The molecule has 0 radical (unpaired) electrons. The maximum Gasteiger partial charge on any atom is 0.0641 e. The summed E-state index contributed by atoms with van der Waals surface area (Å²) in [4.78, 5) is 0. The Bertz CT molecular complexity index is 127. The molecule has 0 amide bonds. The van der Waals surface area contributed by atoms with Crippen molar-refractivity contribution in [3.63, 3.8) is 0 Å². The molecule has 0 aromatic heterocycles. The fraction of sp³-hybridized carbons (Fsp3) is 1.00. The number of hydrogen-bond acceptors (Lipinski definition) is 3. The molecule has 0 saturated heterocycles. The summed E-state index contributed by atoms with van der Waals surface area (Å²) in [5.74, 6) is 0. The Morgan fingerprint density at radius 2 is 1.58 bits per heavy atom. The average Bonchev–Trinajstić information content (AvgIpc) is 1.84. The van der Waals surface area contributed by atoms with Crippen LogP contribution in [0.1, 0.15) is 27.7 Å². The van der Waals surface area contributed by atoms with Crippen LogP contribution in [0.2, 0.25) is 0 Å². The number of hydrogen-bond donors (Lipinski definition) is 2. The lowest BCUT2D eigenvalue weighted by Crippen LogP contribution is -2.39. The molecule has 0 aliphatic heterocycles. The molecule has 0 unspecified atom stereocenters. The van der Waals surface area contributed by atoms with Crippen LogP contribution in [0, 0.1) is 5.41 Å². The van der Waals surface area contributed by atoms with Crippen molar-refractivity contribution in [2.75, 3.05) is 19.8 Å². The van der Waals surface area contributed by atoms with Gasteiger partial charge in [-0.1, -0.05) is 13.8 Å². The maximum atomic E-state index is 5.75. The van der Waals surface area contributed by atoms with Crippen LogP contribution in [0.3, 0.4) is 0 Å². The van der Waals surface area contributed by atoms with E-state index in [-0.39, 0.29) is 11.0 Å². The summed E-state index contributed by atoms with van der Waals surface area (Å²) in [6.07, 6.45) is 0. The van der Waals surface area contributed by atoms with Gasteiger partial charge in [0.1, 0.15) is 0 Å². The van der Waals surface area contributed by atoms with Gasteiger partial charge in [0.25, 0.3) is 0 Å². The third kappa shape index (κ3) is 6.58. The largest absolute Gasteiger partial charge is 0.379 e. The molecule has 0 bridgehead atoms. The van der Waals surface area contributed by atoms with Crippen LogP contribution in [-0.4, -0.2) is 25.3 Å². The van der Waals surface area contributed by atoms with Crippen molar-refractivity contribution >= 4 is 0 Å². The van der Waals surface area contributed by atoms with Gasteiger partial charge in [-0.3, -0.25) is 0 Å². The van der Waals surface area contributed by atoms with E-state index in [9.17, 15) is 0 Å². The SMILES string of the molecule is CC(C)(N)COCC(C)(C)CN. The van der Waals surface area contributed by atoms with Gasteiger partial charge in [0.15, 0.2) is 0 Å². The first-order valence-electron chi connectivity index (χ1n) is 4.33. The minimum atomic E-state index is -0.245.